The number of carbonyl (C=O) groups is 1. The number of halogens is 2. The summed E-state index contributed by atoms with van der Waals surface area (Å²) in [6.45, 7) is 8.99. The number of esters is 1. The van der Waals surface area contributed by atoms with Gasteiger partial charge in [-0.05, 0) is 75.5 Å². The number of anilines is 1. The van der Waals surface area contributed by atoms with Crippen LogP contribution >= 0.6 is 35.3 Å². The van der Waals surface area contributed by atoms with E-state index in [0.717, 1.165) is 34.7 Å². The topological polar surface area (TPSA) is 83.7 Å². The van der Waals surface area contributed by atoms with Crippen LogP contribution in [-0.2, 0) is 9.53 Å². The van der Waals surface area contributed by atoms with E-state index in [1.54, 1.807) is 0 Å². The molecule has 5 aliphatic rings. The van der Waals surface area contributed by atoms with Crippen LogP contribution in [0.4, 0.5) is 10.2 Å². The number of ether oxygens (including phenoxy) is 2. The van der Waals surface area contributed by atoms with Gasteiger partial charge in [0.1, 0.15) is 29.2 Å². The highest BCUT2D eigenvalue weighted by molar-refractivity contribution is 9.11. The van der Waals surface area contributed by atoms with Crippen molar-refractivity contribution >= 4 is 57.5 Å². The second kappa shape index (κ2) is 8.40. The van der Waals surface area contributed by atoms with Gasteiger partial charge in [0.2, 0.25) is 0 Å². The number of carbonyl (C=O) groups excluding carboxylic acids is 1. The van der Waals surface area contributed by atoms with Crippen LogP contribution in [-0.4, -0.2) is 91.7 Å². The third-order valence-electron chi connectivity index (χ3n) is 8.50. The van der Waals surface area contributed by atoms with Gasteiger partial charge in [-0.15, -0.1) is 0 Å². The minimum atomic E-state index is -1.16. The summed E-state index contributed by atoms with van der Waals surface area (Å²) in [4.78, 5) is 32.8. The summed E-state index contributed by atoms with van der Waals surface area (Å²) < 4.78 is 30.1. The first-order chi connectivity index (χ1) is 17.6. The van der Waals surface area contributed by atoms with Crippen molar-refractivity contribution in [2.75, 3.05) is 37.4 Å². The van der Waals surface area contributed by atoms with Crippen molar-refractivity contribution in [2.24, 2.45) is 0 Å². The Morgan fingerprint density at radius 2 is 2.00 bits per heavy atom. The first-order valence-electron chi connectivity index (χ1n) is 13.0. The zero-order valence-electron chi connectivity index (χ0n) is 21.2. The zero-order valence-corrected chi connectivity index (χ0v) is 24.5. The maximum atomic E-state index is 15.3. The molecule has 9 nitrogen and oxygen atoms in total. The predicted octanol–water partition coefficient (Wildman–Crippen LogP) is 4.49. The summed E-state index contributed by atoms with van der Waals surface area (Å²) in [5.41, 5.74) is -0.680. The summed E-state index contributed by atoms with van der Waals surface area (Å²) in [6.07, 6.45) is 5.42. The highest BCUT2D eigenvalue weighted by Crippen LogP contribution is 2.74. The Morgan fingerprint density at radius 3 is 2.73 bits per heavy atom. The molecule has 2 aromatic rings. The Bertz CT molecular complexity index is 1270. The SMILES string of the molecule is CC(C)(C)OC(=O)C12CC(F)P3CN(c4nc(OCC56CCCN5CCC6)nc5sc(Br)nc45)CC1N32. The Labute approximate surface area is 229 Å². The number of rotatable bonds is 5. The minimum Gasteiger partial charge on any atom is -0.461 e. The molecule has 0 N–H and O–H groups in total. The van der Waals surface area contributed by atoms with E-state index in [-0.39, 0.29) is 24.0 Å². The van der Waals surface area contributed by atoms with Gasteiger partial charge in [-0.2, -0.15) is 9.97 Å². The molecule has 200 valence electrons. The normalized spacial score (nSPS) is 34.0. The molecule has 0 saturated carbocycles. The lowest BCUT2D eigenvalue weighted by molar-refractivity contribution is -0.159. The first kappa shape index (κ1) is 24.8. The molecule has 0 aliphatic carbocycles. The highest BCUT2D eigenvalue weighted by atomic mass is 79.9. The van der Waals surface area contributed by atoms with Gasteiger partial charge in [0.05, 0.1) is 17.9 Å². The molecule has 7 rings (SSSR count). The van der Waals surface area contributed by atoms with Crippen LogP contribution < -0.4 is 9.64 Å². The maximum absolute atomic E-state index is 15.3. The van der Waals surface area contributed by atoms with Crippen LogP contribution in [0.5, 0.6) is 6.01 Å². The molecule has 0 bridgehead atoms. The van der Waals surface area contributed by atoms with Crippen molar-refractivity contribution < 1.29 is 18.7 Å². The lowest BCUT2D eigenvalue weighted by Crippen LogP contribution is -2.43. The molecule has 0 amide bonds. The third kappa shape index (κ3) is 3.84. The molecule has 0 aromatic carbocycles. The molecule has 5 atom stereocenters. The van der Waals surface area contributed by atoms with Gasteiger partial charge in [0, 0.05) is 21.0 Å². The van der Waals surface area contributed by atoms with E-state index in [1.165, 1.54) is 24.2 Å². The third-order valence-corrected chi connectivity index (χ3v) is 12.6. The van der Waals surface area contributed by atoms with Crippen molar-refractivity contribution in [3.05, 3.63) is 3.92 Å². The molecule has 0 spiro atoms. The predicted molar refractivity (Wildman–Crippen MR) is 144 cm³/mol. The summed E-state index contributed by atoms with van der Waals surface area (Å²) in [7, 11) is -1.16. The second-order valence-electron chi connectivity index (χ2n) is 11.9. The van der Waals surface area contributed by atoms with Gasteiger partial charge in [-0.3, -0.25) is 9.57 Å². The van der Waals surface area contributed by atoms with Crippen LogP contribution in [0.1, 0.15) is 52.9 Å². The van der Waals surface area contributed by atoms with Crippen LogP contribution in [0.15, 0.2) is 3.92 Å². The van der Waals surface area contributed by atoms with E-state index in [4.69, 9.17) is 19.4 Å². The van der Waals surface area contributed by atoms with Crippen molar-refractivity contribution in [3.8, 4) is 6.01 Å². The zero-order chi connectivity index (χ0) is 25.7. The van der Waals surface area contributed by atoms with Crippen LogP contribution in [0.3, 0.4) is 0 Å². The Balaban J connectivity index is 1.18. The number of fused-ring (bicyclic) bond motifs is 3. The second-order valence-corrected chi connectivity index (χ2v) is 16.3. The molecule has 5 saturated heterocycles. The maximum Gasteiger partial charge on any atom is 0.329 e. The van der Waals surface area contributed by atoms with Crippen LogP contribution in [0.25, 0.3) is 10.3 Å². The van der Waals surface area contributed by atoms with Gasteiger partial charge in [0.25, 0.3) is 0 Å². The van der Waals surface area contributed by atoms with Gasteiger partial charge in [-0.25, -0.2) is 14.2 Å². The average Bonchev–Trinajstić information content (AvgIpc) is 3.26. The molecular formula is C24H31BrFN6O3PS. The molecule has 0 radical (unpaired) electrons. The first-order valence-corrected chi connectivity index (χ1v) is 16.2. The number of nitrogens with zero attached hydrogens (tertiary/aromatic N) is 6. The van der Waals surface area contributed by atoms with Crippen LogP contribution in [0.2, 0.25) is 0 Å². The fourth-order valence-electron chi connectivity index (χ4n) is 6.88. The molecule has 5 unspecified atom stereocenters. The van der Waals surface area contributed by atoms with Crippen LogP contribution in [0, 0.1) is 0 Å². The lowest BCUT2D eigenvalue weighted by Gasteiger charge is -2.35. The van der Waals surface area contributed by atoms with Gasteiger partial charge in [0.15, 0.2) is 14.6 Å². The monoisotopic (exact) mass is 612 g/mol. The van der Waals surface area contributed by atoms with Crippen molar-refractivity contribution in [2.45, 2.75) is 81.5 Å². The number of aromatic nitrogens is 3. The molecule has 5 aliphatic heterocycles. The highest BCUT2D eigenvalue weighted by Gasteiger charge is 2.79. The summed E-state index contributed by atoms with van der Waals surface area (Å²) in [6, 6.07) is 0.275. The fraction of sp³-hybridized carbons (Fsp3) is 0.750. The molecule has 13 heteroatoms. The van der Waals surface area contributed by atoms with E-state index >= 15 is 4.39 Å². The van der Waals surface area contributed by atoms with E-state index in [9.17, 15) is 4.79 Å². The quantitative estimate of drug-likeness (QED) is 0.275. The lowest BCUT2D eigenvalue weighted by atomic mass is 9.95. The van der Waals surface area contributed by atoms with Crippen molar-refractivity contribution in [3.63, 3.8) is 0 Å². The van der Waals surface area contributed by atoms with Gasteiger partial charge < -0.3 is 14.4 Å². The molecule has 5 fully saturated rings. The van der Waals surface area contributed by atoms with Gasteiger partial charge in [-0.1, -0.05) is 11.3 Å². The van der Waals surface area contributed by atoms with E-state index in [0.29, 0.717) is 36.8 Å². The number of thiazole rings is 1. The molecule has 37 heavy (non-hydrogen) atoms. The van der Waals surface area contributed by atoms with Crippen molar-refractivity contribution in [1.29, 1.82) is 0 Å². The molecular weight excluding hydrogens is 582 g/mol. The number of alkyl halides is 1. The molecule has 2 aromatic heterocycles. The Morgan fingerprint density at radius 1 is 1.24 bits per heavy atom. The summed E-state index contributed by atoms with van der Waals surface area (Å²) in [5.74, 6) is -0.670. The fourth-order valence-corrected chi connectivity index (χ4v) is 11.2. The summed E-state index contributed by atoms with van der Waals surface area (Å²) >= 11 is 4.94. The molecule has 7 heterocycles. The number of hydrogen-bond donors (Lipinski definition) is 0. The van der Waals surface area contributed by atoms with E-state index < -0.39 is 25.1 Å². The smallest absolute Gasteiger partial charge is 0.329 e. The number of hydrogen-bond acceptors (Lipinski definition) is 10. The largest absolute Gasteiger partial charge is 0.461 e. The van der Waals surface area contributed by atoms with Crippen molar-refractivity contribution in [1.82, 2.24) is 24.5 Å². The Kier molecular flexibility index (Phi) is 5.63. The summed E-state index contributed by atoms with van der Waals surface area (Å²) in [5, 5.41) is 0. The standard InChI is InChI=1S/C24H31BrFN6O3PS/c1-22(2,3)35-19(33)24-10-15(26)36-13-30(11-14(24)32(24)36)17-16-18(37-20(25)27-16)29-21(28-17)34-12-23-6-4-8-31(23)9-5-7-23/h14-15H,4-13H2,1-3H3. The average molecular weight is 613 g/mol. The Hall–Kier alpha value is -1.20. The minimum absolute atomic E-state index is 0.0740. The van der Waals surface area contributed by atoms with E-state index in [2.05, 4.69) is 35.4 Å². The van der Waals surface area contributed by atoms with E-state index in [1.807, 2.05) is 20.8 Å². The van der Waals surface area contributed by atoms with Gasteiger partial charge >= 0.3 is 12.0 Å².